The molecule has 0 aliphatic carbocycles. The van der Waals surface area contributed by atoms with Gasteiger partial charge < -0.3 is 0 Å². The molecule has 1 aromatic rings. The van der Waals surface area contributed by atoms with Crippen LogP contribution in [0.5, 0.6) is 0 Å². The predicted octanol–water partition coefficient (Wildman–Crippen LogP) is 4.59. The average Bonchev–Trinajstić information content (AvgIpc) is 2.09. The lowest BCUT2D eigenvalue weighted by atomic mass is 9.80. The first-order valence-electron chi connectivity index (χ1n) is 7.00. The van der Waals surface area contributed by atoms with Crippen LogP contribution in [0.3, 0.4) is 0 Å². The van der Waals surface area contributed by atoms with E-state index in [0.717, 1.165) is 11.1 Å². The van der Waals surface area contributed by atoms with Gasteiger partial charge in [0.05, 0.1) is 4.11 Å². The van der Waals surface area contributed by atoms with Crippen LogP contribution in [0, 0.1) is 6.92 Å². The zero-order chi connectivity index (χ0) is 14.5. The second kappa shape index (κ2) is 3.66. The fourth-order valence-corrected chi connectivity index (χ4v) is 1.34. The topological polar surface area (TPSA) is 0 Å². The summed E-state index contributed by atoms with van der Waals surface area (Å²) in [4.78, 5) is 0. The molecule has 0 aromatic heterocycles. The van der Waals surface area contributed by atoms with Crippen molar-refractivity contribution in [2.75, 3.05) is 0 Å². The zero-order valence-electron chi connectivity index (χ0n) is 14.0. The highest BCUT2D eigenvalue weighted by molar-refractivity contribution is 5.36. The minimum absolute atomic E-state index is 0.243. The second-order valence-electron chi connectivity index (χ2n) is 6.25. The summed E-state index contributed by atoms with van der Waals surface area (Å²) in [5.74, 6) is 0. The average molecular weight is 207 g/mol. The molecule has 0 aliphatic heterocycles. The Morgan fingerprint density at radius 1 is 0.800 bits per heavy atom. The van der Waals surface area contributed by atoms with Crippen LogP contribution in [-0.4, -0.2) is 0 Å². The third kappa shape index (κ3) is 3.09. The molecule has 0 spiro atoms. The van der Waals surface area contributed by atoms with E-state index >= 15 is 0 Å². The lowest BCUT2D eigenvalue weighted by molar-refractivity contribution is 0.567. The van der Waals surface area contributed by atoms with E-state index in [1.54, 1.807) is 0 Å². The molecule has 1 rings (SSSR count). The van der Waals surface area contributed by atoms with Crippen LogP contribution < -0.4 is 0 Å². The maximum Gasteiger partial charge on any atom is 0.0629 e. The summed E-state index contributed by atoms with van der Waals surface area (Å²) in [7, 11) is 0. The van der Waals surface area contributed by atoms with Gasteiger partial charge in [0.15, 0.2) is 0 Å². The van der Waals surface area contributed by atoms with E-state index in [0.29, 0.717) is 23.7 Å². The summed E-state index contributed by atoms with van der Waals surface area (Å²) >= 11 is 0. The Bertz CT molecular complexity index is 433. The van der Waals surface area contributed by atoms with E-state index in [4.69, 9.17) is 4.11 Å². The molecule has 0 heterocycles. The third-order valence-corrected chi connectivity index (χ3v) is 2.38. The first-order valence-corrected chi connectivity index (χ1v) is 5.50. The molecule has 0 N–H and O–H groups in total. The molecular formula is C15H24. The summed E-state index contributed by atoms with van der Waals surface area (Å²) < 4.78 is 24.8. The zero-order valence-corrected chi connectivity index (χ0v) is 11.0. The molecule has 1 aromatic carbocycles. The van der Waals surface area contributed by atoms with Gasteiger partial charge in [-0.2, -0.15) is 0 Å². The smallest absolute Gasteiger partial charge is 0.0561 e. The quantitative estimate of drug-likeness (QED) is 0.583. The van der Waals surface area contributed by atoms with Gasteiger partial charge in [0, 0.05) is 0 Å². The van der Waals surface area contributed by atoms with Gasteiger partial charge >= 0.3 is 0 Å². The van der Waals surface area contributed by atoms with Crippen molar-refractivity contribution in [1.29, 1.82) is 0 Å². The maximum atomic E-state index is 8.40. The van der Waals surface area contributed by atoms with Crippen LogP contribution in [0.15, 0.2) is 18.1 Å². The van der Waals surface area contributed by atoms with E-state index in [1.165, 1.54) is 0 Å². The van der Waals surface area contributed by atoms with Crippen molar-refractivity contribution in [3.05, 3.63) is 34.8 Å². The van der Waals surface area contributed by atoms with Gasteiger partial charge in [-0.1, -0.05) is 65.2 Å². The molecule has 0 amide bonds. The summed E-state index contributed by atoms with van der Waals surface area (Å²) in [5.41, 5.74) is 1.70. The summed E-state index contributed by atoms with van der Waals surface area (Å²) in [5, 5.41) is 0. The van der Waals surface area contributed by atoms with Crippen molar-refractivity contribution >= 4 is 0 Å². The molecule has 0 radical (unpaired) electrons. The Balaban J connectivity index is 3.83. The Hall–Kier alpha value is -0.780. The predicted molar refractivity (Wildman–Crippen MR) is 68.6 cm³/mol. The molecule has 0 unspecified atom stereocenters. The lowest BCUT2D eigenvalue weighted by Crippen LogP contribution is -2.16. The van der Waals surface area contributed by atoms with Gasteiger partial charge in [0.2, 0.25) is 0 Å². The van der Waals surface area contributed by atoms with Crippen molar-refractivity contribution in [3.63, 3.8) is 0 Å². The third-order valence-electron chi connectivity index (χ3n) is 2.38. The molecule has 0 nitrogen and oxygen atoms in total. The van der Waals surface area contributed by atoms with E-state index in [2.05, 4.69) is 0 Å². The fourth-order valence-electron chi connectivity index (χ4n) is 1.34. The van der Waals surface area contributed by atoms with Crippen LogP contribution in [0.2, 0.25) is 0 Å². The lowest BCUT2D eigenvalue weighted by Gasteiger charge is -2.25. The first-order chi connectivity index (χ1) is 7.89. The summed E-state index contributed by atoms with van der Waals surface area (Å²) in [6.07, 6.45) is 0. The van der Waals surface area contributed by atoms with Gasteiger partial charge in [-0.15, -0.1) is 0 Å². The van der Waals surface area contributed by atoms with Crippen molar-refractivity contribution in [2.24, 2.45) is 0 Å². The van der Waals surface area contributed by atoms with Crippen LogP contribution >= 0.6 is 0 Å². The van der Waals surface area contributed by atoms with Gasteiger partial charge in [-0.3, -0.25) is 0 Å². The van der Waals surface area contributed by atoms with Crippen LogP contribution in [-0.2, 0) is 10.8 Å². The Morgan fingerprint density at radius 3 is 1.40 bits per heavy atom. The fraction of sp³-hybridized carbons (Fsp3) is 0.600. The van der Waals surface area contributed by atoms with E-state index in [1.807, 2.05) is 48.5 Å². The van der Waals surface area contributed by atoms with Gasteiger partial charge in [-0.05, 0) is 28.9 Å². The van der Waals surface area contributed by atoms with Crippen LogP contribution in [0.4, 0.5) is 0 Å². The minimum atomic E-state index is -0.243. The summed E-state index contributed by atoms with van der Waals surface area (Å²) in [6, 6.07) is 1.08. The molecule has 0 fully saturated rings. The SMILES string of the molecule is [2H]c1c(C)c([2H])c(C(C)(C)C)c([2H])c1C(C)(C)C. The largest absolute Gasteiger partial charge is 0.0629 e. The van der Waals surface area contributed by atoms with Crippen molar-refractivity contribution in [2.45, 2.75) is 59.3 Å². The van der Waals surface area contributed by atoms with Crippen molar-refractivity contribution < 1.29 is 4.11 Å². The molecule has 0 saturated carbocycles. The first kappa shape index (κ1) is 8.38. The van der Waals surface area contributed by atoms with E-state index < -0.39 is 0 Å². The van der Waals surface area contributed by atoms with Gasteiger partial charge in [-0.25, -0.2) is 0 Å². The molecule has 84 valence electrons. The van der Waals surface area contributed by atoms with Crippen LogP contribution in [0.1, 0.15) is 62.3 Å². The highest BCUT2D eigenvalue weighted by Gasteiger charge is 2.19. The molecule has 0 bridgehead atoms. The molecule has 0 aliphatic rings. The molecule has 0 saturated heterocycles. The maximum absolute atomic E-state index is 8.40. The molecule has 0 atom stereocenters. The highest BCUT2D eigenvalue weighted by Crippen LogP contribution is 2.29. The number of hydrogen-bond acceptors (Lipinski definition) is 0. The Labute approximate surface area is 98.9 Å². The number of rotatable bonds is 0. The van der Waals surface area contributed by atoms with E-state index in [9.17, 15) is 0 Å². The van der Waals surface area contributed by atoms with E-state index in [-0.39, 0.29) is 10.8 Å². The van der Waals surface area contributed by atoms with Crippen LogP contribution in [0.25, 0.3) is 0 Å². The van der Waals surface area contributed by atoms with Crippen molar-refractivity contribution in [1.82, 2.24) is 0 Å². The van der Waals surface area contributed by atoms with Crippen molar-refractivity contribution in [3.8, 4) is 0 Å². The normalized spacial score (nSPS) is 15.8. The minimum Gasteiger partial charge on any atom is -0.0561 e. The molecular weight excluding hydrogens is 180 g/mol. The summed E-state index contributed by atoms with van der Waals surface area (Å²) in [6.45, 7) is 13.9. The standard InChI is InChI=1S/C15H24/c1-11-8-12(14(2,3)4)10-13(9-11)15(5,6)7/h8-10H,1-7H3/i8D,9D,10D. The second-order valence-corrected chi connectivity index (χ2v) is 6.25. The molecule has 0 heteroatoms. The number of benzene rings is 1. The Morgan fingerprint density at radius 2 is 1.13 bits per heavy atom. The monoisotopic (exact) mass is 207 g/mol. The Kier molecular flexibility index (Phi) is 2.05. The van der Waals surface area contributed by atoms with Gasteiger partial charge in [0.25, 0.3) is 0 Å². The van der Waals surface area contributed by atoms with Gasteiger partial charge in [0.1, 0.15) is 0 Å². The molecule has 15 heavy (non-hydrogen) atoms. The highest BCUT2D eigenvalue weighted by atomic mass is 14.2. The number of hydrogen-bond donors (Lipinski definition) is 0.